The maximum absolute atomic E-state index is 12.7. The van der Waals surface area contributed by atoms with E-state index in [0.29, 0.717) is 6.42 Å². The van der Waals surface area contributed by atoms with Crippen LogP contribution >= 0.6 is 0 Å². The molecule has 2 aromatic rings. The molecule has 0 aliphatic carbocycles. The number of nitrogens with zero attached hydrogens (tertiary/aromatic N) is 1. The summed E-state index contributed by atoms with van der Waals surface area (Å²) in [5.74, 6) is -0.227. The van der Waals surface area contributed by atoms with Gasteiger partial charge in [-0.3, -0.25) is 4.98 Å². The normalized spacial score (nSPS) is 12.4. The van der Waals surface area contributed by atoms with Crippen molar-refractivity contribution < 1.29 is 4.39 Å². The summed E-state index contributed by atoms with van der Waals surface area (Å²) in [5, 5.41) is 0. The van der Waals surface area contributed by atoms with Crippen molar-refractivity contribution in [3.63, 3.8) is 0 Å². The van der Waals surface area contributed by atoms with Crippen LogP contribution in [0, 0.1) is 5.82 Å². The van der Waals surface area contributed by atoms with E-state index in [2.05, 4.69) is 4.98 Å². The number of benzene rings is 1. The van der Waals surface area contributed by atoms with Crippen molar-refractivity contribution in [2.45, 2.75) is 12.5 Å². The molecular formula is C13H13FN2. The zero-order chi connectivity index (χ0) is 11.4. The van der Waals surface area contributed by atoms with Gasteiger partial charge in [0.05, 0.1) is 11.7 Å². The molecule has 0 aliphatic rings. The number of halogens is 1. The van der Waals surface area contributed by atoms with E-state index in [-0.39, 0.29) is 11.9 Å². The third-order valence-corrected chi connectivity index (χ3v) is 2.44. The predicted molar refractivity (Wildman–Crippen MR) is 61.3 cm³/mol. The molecule has 0 bridgehead atoms. The minimum Gasteiger partial charge on any atom is -0.322 e. The molecule has 3 heteroatoms. The van der Waals surface area contributed by atoms with Crippen molar-refractivity contribution in [2.24, 2.45) is 5.73 Å². The van der Waals surface area contributed by atoms with Gasteiger partial charge in [-0.15, -0.1) is 0 Å². The molecule has 0 radical (unpaired) electrons. The van der Waals surface area contributed by atoms with Gasteiger partial charge in [0.25, 0.3) is 0 Å². The van der Waals surface area contributed by atoms with Gasteiger partial charge in [0.2, 0.25) is 0 Å². The Morgan fingerprint density at radius 3 is 2.50 bits per heavy atom. The van der Waals surface area contributed by atoms with E-state index in [4.69, 9.17) is 5.73 Å². The lowest BCUT2D eigenvalue weighted by atomic mass is 10.0. The quantitative estimate of drug-likeness (QED) is 0.856. The molecule has 1 aromatic carbocycles. The Balaban J connectivity index is 2.08. The fourth-order valence-corrected chi connectivity index (χ4v) is 1.57. The Bertz CT molecular complexity index is 439. The summed E-state index contributed by atoms with van der Waals surface area (Å²) in [6.07, 6.45) is 2.39. The first-order chi connectivity index (χ1) is 7.75. The van der Waals surface area contributed by atoms with Crippen LogP contribution in [0.4, 0.5) is 4.39 Å². The third kappa shape index (κ3) is 2.64. The van der Waals surface area contributed by atoms with Gasteiger partial charge < -0.3 is 5.73 Å². The first kappa shape index (κ1) is 10.8. The van der Waals surface area contributed by atoms with Gasteiger partial charge in [-0.1, -0.05) is 18.2 Å². The largest absolute Gasteiger partial charge is 0.322 e. The first-order valence-corrected chi connectivity index (χ1v) is 5.16. The molecule has 1 heterocycles. The topological polar surface area (TPSA) is 38.9 Å². The Kier molecular flexibility index (Phi) is 3.27. The number of rotatable bonds is 3. The first-order valence-electron chi connectivity index (χ1n) is 5.16. The van der Waals surface area contributed by atoms with Crippen molar-refractivity contribution in [3.8, 4) is 0 Å². The van der Waals surface area contributed by atoms with Crippen LogP contribution in [0.15, 0.2) is 48.7 Å². The molecule has 0 aliphatic heterocycles. The van der Waals surface area contributed by atoms with Crippen LogP contribution in [0.3, 0.4) is 0 Å². The number of aromatic nitrogens is 1. The minimum atomic E-state index is -0.227. The number of hydrogen-bond donors (Lipinski definition) is 1. The second-order valence-corrected chi connectivity index (χ2v) is 3.69. The van der Waals surface area contributed by atoms with E-state index in [1.807, 2.05) is 18.2 Å². The van der Waals surface area contributed by atoms with Crippen LogP contribution in [0.1, 0.15) is 17.3 Å². The highest BCUT2D eigenvalue weighted by atomic mass is 19.1. The third-order valence-electron chi connectivity index (χ3n) is 2.44. The van der Waals surface area contributed by atoms with Gasteiger partial charge in [-0.05, 0) is 36.2 Å². The second-order valence-electron chi connectivity index (χ2n) is 3.69. The molecule has 0 spiro atoms. The summed E-state index contributed by atoms with van der Waals surface area (Å²) in [6.45, 7) is 0. The Morgan fingerprint density at radius 2 is 1.88 bits per heavy atom. The van der Waals surface area contributed by atoms with Crippen molar-refractivity contribution in [2.75, 3.05) is 0 Å². The van der Waals surface area contributed by atoms with Gasteiger partial charge in [0.1, 0.15) is 5.82 Å². The lowest BCUT2D eigenvalue weighted by Crippen LogP contribution is -2.14. The zero-order valence-corrected chi connectivity index (χ0v) is 8.81. The standard InChI is InChI=1S/C13H13FN2/c14-11-6-4-10(5-7-11)9-12(15)13-3-1-2-8-16-13/h1-8,12H,9,15H2. The molecular weight excluding hydrogens is 203 g/mol. The molecule has 2 rings (SSSR count). The van der Waals surface area contributed by atoms with E-state index in [1.54, 1.807) is 18.3 Å². The zero-order valence-electron chi connectivity index (χ0n) is 8.81. The maximum Gasteiger partial charge on any atom is 0.123 e. The van der Waals surface area contributed by atoms with E-state index < -0.39 is 0 Å². The Labute approximate surface area is 93.9 Å². The highest BCUT2D eigenvalue weighted by Crippen LogP contribution is 2.13. The highest BCUT2D eigenvalue weighted by Gasteiger charge is 2.07. The minimum absolute atomic E-state index is 0.147. The lowest BCUT2D eigenvalue weighted by molar-refractivity contribution is 0.625. The van der Waals surface area contributed by atoms with Crippen molar-refractivity contribution in [3.05, 3.63) is 65.7 Å². The van der Waals surface area contributed by atoms with Crippen molar-refractivity contribution in [1.29, 1.82) is 0 Å². The van der Waals surface area contributed by atoms with E-state index in [0.717, 1.165) is 11.3 Å². The summed E-state index contributed by atoms with van der Waals surface area (Å²) in [7, 11) is 0. The maximum atomic E-state index is 12.7. The molecule has 16 heavy (non-hydrogen) atoms. The molecule has 1 atom stereocenters. The van der Waals surface area contributed by atoms with Crippen molar-refractivity contribution >= 4 is 0 Å². The fourth-order valence-electron chi connectivity index (χ4n) is 1.57. The van der Waals surface area contributed by atoms with Crippen molar-refractivity contribution in [1.82, 2.24) is 4.98 Å². The second kappa shape index (κ2) is 4.86. The highest BCUT2D eigenvalue weighted by molar-refractivity contribution is 5.19. The number of hydrogen-bond acceptors (Lipinski definition) is 2. The van der Waals surface area contributed by atoms with Crippen LogP contribution in [0.5, 0.6) is 0 Å². The summed E-state index contributed by atoms with van der Waals surface area (Å²) >= 11 is 0. The van der Waals surface area contributed by atoms with Gasteiger partial charge in [0, 0.05) is 6.20 Å². The van der Waals surface area contributed by atoms with Crippen LogP contribution in [0.2, 0.25) is 0 Å². The lowest BCUT2D eigenvalue weighted by Gasteiger charge is -2.10. The summed E-state index contributed by atoms with van der Waals surface area (Å²) in [5.41, 5.74) is 7.88. The van der Waals surface area contributed by atoms with Crippen LogP contribution in [-0.4, -0.2) is 4.98 Å². The average molecular weight is 216 g/mol. The molecule has 2 N–H and O–H groups in total. The van der Waals surface area contributed by atoms with Gasteiger partial charge in [-0.2, -0.15) is 0 Å². The van der Waals surface area contributed by atoms with E-state index >= 15 is 0 Å². The number of pyridine rings is 1. The van der Waals surface area contributed by atoms with Crippen LogP contribution in [-0.2, 0) is 6.42 Å². The summed E-state index contributed by atoms with van der Waals surface area (Å²) < 4.78 is 12.7. The predicted octanol–water partition coefficient (Wildman–Crippen LogP) is 2.46. The summed E-state index contributed by atoms with van der Waals surface area (Å²) in [6, 6.07) is 11.9. The SMILES string of the molecule is NC(Cc1ccc(F)cc1)c1ccccn1. The molecule has 0 saturated heterocycles. The Morgan fingerprint density at radius 1 is 1.12 bits per heavy atom. The molecule has 1 aromatic heterocycles. The van der Waals surface area contributed by atoms with E-state index in [1.165, 1.54) is 12.1 Å². The van der Waals surface area contributed by atoms with Crippen LogP contribution < -0.4 is 5.73 Å². The summed E-state index contributed by atoms with van der Waals surface area (Å²) in [4.78, 5) is 4.19. The Hall–Kier alpha value is -1.74. The number of nitrogens with two attached hydrogens (primary N) is 1. The molecule has 82 valence electrons. The van der Waals surface area contributed by atoms with Crippen LogP contribution in [0.25, 0.3) is 0 Å². The van der Waals surface area contributed by atoms with Gasteiger partial charge >= 0.3 is 0 Å². The van der Waals surface area contributed by atoms with E-state index in [9.17, 15) is 4.39 Å². The van der Waals surface area contributed by atoms with Gasteiger partial charge in [-0.25, -0.2) is 4.39 Å². The monoisotopic (exact) mass is 216 g/mol. The fraction of sp³-hybridized carbons (Fsp3) is 0.154. The molecule has 0 fully saturated rings. The molecule has 2 nitrogen and oxygen atoms in total. The molecule has 0 amide bonds. The van der Waals surface area contributed by atoms with Gasteiger partial charge in [0.15, 0.2) is 0 Å². The smallest absolute Gasteiger partial charge is 0.123 e. The average Bonchev–Trinajstić information content (AvgIpc) is 2.33. The molecule has 1 unspecified atom stereocenters. The molecule has 0 saturated carbocycles.